The van der Waals surface area contributed by atoms with E-state index in [9.17, 15) is 19.5 Å². The van der Waals surface area contributed by atoms with Gasteiger partial charge in [0.05, 0.1) is 24.6 Å². The molecule has 8 nitrogen and oxygen atoms in total. The summed E-state index contributed by atoms with van der Waals surface area (Å²) in [6.45, 7) is 0.646. The highest BCUT2D eigenvalue weighted by Crippen LogP contribution is 2.23. The zero-order valence-electron chi connectivity index (χ0n) is 20.8. The second-order valence-corrected chi connectivity index (χ2v) is 9.87. The summed E-state index contributed by atoms with van der Waals surface area (Å²) in [5.74, 6) is -1.10. The van der Waals surface area contributed by atoms with Crippen molar-refractivity contribution in [3.05, 3.63) is 48.2 Å². The van der Waals surface area contributed by atoms with Gasteiger partial charge in [-0.25, -0.2) is 0 Å². The maximum absolute atomic E-state index is 13.5. The third kappa shape index (κ3) is 6.75. The molecule has 2 amide bonds. The quantitative estimate of drug-likeness (QED) is 0.436. The van der Waals surface area contributed by atoms with E-state index < -0.39 is 12.0 Å². The molecule has 0 aliphatic carbocycles. The SMILES string of the molecule is O=C1CCCCC=CC[C@H](CC(=O)N2CCC[C@H]2CO)C(=O)N[C@@H](Cc2c[nH]c3ccccc23)CO1. The van der Waals surface area contributed by atoms with E-state index in [1.165, 1.54) is 0 Å². The number of esters is 1. The Balaban J connectivity index is 1.51. The van der Waals surface area contributed by atoms with Gasteiger partial charge in [0.2, 0.25) is 11.8 Å². The van der Waals surface area contributed by atoms with Crippen LogP contribution in [-0.4, -0.2) is 64.6 Å². The Kier molecular flexibility index (Phi) is 9.17. The predicted octanol–water partition coefficient (Wildman–Crippen LogP) is 3.25. The minimum atomic E-state index is -0.530. The number of fused-ring (bicyclic) bond motifs is 1. The molecule has 36 heavy (non-hydrogen) atoms. The van der Waals surface area contributed by atoms with Gasteiger partial charge in [0, 0.05) is 36.5 Å². The maximum Gasteiger partial charge on any atom is 0.305 e. The number of H-pyrrole nitrogens is 1. The first kappa shape index (κ1) is 25.9. The number of likely N-dealkylation sites (tertiary alicyclic amines) is 1. The van der Waals surface area contributed by atoms with E-state index in [-0.39, 0.29) is 43.5 Å². The van der Waals surface area contributed by atoms with Crippen LogP contribution in [-0.2, 0) is 25.5 Å². The lowest BCUT2D eigenvalue weighted by Gasteiger charge is -2.26. The number of nitrogens with zero attached hydrogens (tertiary/aromatic N) is 1. The standard InChI is InChI=1S/C28H37N3O5/c32-18-23-10-8-14-31(23)26(33)16-20-9-4-2-1-3-5-13-27(34)36-19-22(30-28(20)35)15-21-17-29-25-12-7-6-11-24(21)25/h2,4,6-7,11-12,17,20,22-23,29,32H,1,3,5,8-10,13-16,18-19H2,(H,30,35)/t20-,22+,23+/m1/s1. The molecule has 1 aromatic heterocycles. The number of para-hydroxylation sites is 1. The Morgan fingerprint density at radius 3 is 2.86 bits per heavy atom. The van der Waals surface area contributed by atoms with Gasteiger partial charge in [-0.1, -0.05) is 30.4 Å². The largest absolute Gasteiger partial charge is 0.463 e. The third-order valence-corrected chi connectivity index (χ3v) is 7.22. The molecule has 4 rings (SSSR count). The molecule has 0 spiro atoms. The molecule has 0 saturated carbocycles. The Bertz CT molecular complexity index is 1080. The number of ether oxygens (including phenoxy) is 1. The summed E-state index contributed by atoms with van der Waals surface area (Å²) in [6.07, 6.45) is 11.4. The van der Waals surface area contributed by atoms with Crippen LogP contribution in [0, 0.1) is 5.92 Å². The molecule has 3 atom stereocenters. The van der Waals surface area contributed by atoms with E-state index in [4.69, 9.17) is 4.74 Å². The lowest BCUT2D eigenvalue weighted by Crippen LogP contribution is -2.45. The van der Waals surface area contributed by atoms with Crippen LogP contribution >= 0.6 is 0 Å². The summed E-state index contributed by atoms with van der Waals surface area (Å²) in [4.78, 5) is 43.8. The number of carbonyl (C=O) groups excluding carboxylic acids is 3. The summed E-state index contributed by atoms with van der Waals surface area (Å²) in [6, 6.07) is 7.38. The highest BCUT2D eigenvalue weighted by Gasteiger charge is 2.32. The van der Waals surface area contributed by atoms with Gasteiger partial charge in [0.1, 0.15) is 6.61 Å². The number of hydrogen-bond acceptors (Lipinski definition) is 5. The molecule has 0 bridgehead atoms. The van der Waals surface area contributed by atoms with Gasteiger partial charge in [-0.05, 0) is 56.6 Å². The number of aromatic nitrogens is 1. The first-order valence-electron chi connectivity index (χ1n) is 13.1. The molecule has 2 aromatic rings. The molecule has 1 fully saturated rings. The average Bonchev–Trinajstić information content (AvgIpc) is 3.52. The van der Waals surface area contributed by atoms with Crippen LogP contribution in [0.1, 0.15) is 56.9 Å². The summed E-state index contributed by atoms with van der Waals surface area (Å²) in [5, 5.41) is 13.8. The van der Waals surface area contributed by atoms with Crippen LogP contribution in [0.3, 0.4) is 0 Å². The van der Waals surface area contributed by atoms with E-state index in [2.05, 4.69) is 10.3 Å². The Morgan fingerprint density at radius 1 is 1.14 bits per heavy atom. The number of carbonyl (C=O) groups is 3. The van der Waals surface area contributed by atoms with Gasteiger partial charge >= 0.3 is 5.97 Å². The lowest BCUT2D eigenvalue weighted by molar-refractivity contribution is -0.145. The predicted molar refractivity (Wildman–Crippen MR) is 137 cm³/mol. The van der Waals surface area contributed by atoms with E-state index in [1.54, 1.807) is 4.90 Å². The third-order valence-electron chi connectivity index (χ3n) is 7.22. The Labute approximate surface area is 212 Å². The number of benzene rings is 1. The summed E-state index contributed by atoms with van der Waals surface area (Å²) in [7, 11) is 0. The van der Waals surface area contributed by atoms with E-state index in [0.717, 1.165) is 48.6 Å². The smallest absolute Gasteiger partial charge is 0.305 e. The molecule has 1 saturated heterocycles. The van der Waals surface area contributed by atoms with Crippen LogP contribution in [0.5, 0.6) is 0 Å². The molecular formula is C28H37N3O5. The normalized spacial score (nSPS) is 24.4. The van der Waals surface area contributed by atoms with Crippen molar-refractivity contribution in [3.63, 3.8) is 0 Å². The second-order valence-electron chi connectivity index (χ2n) is 9.87. The van der Waals surface area contributed by atoms with Crippen molar-refractivity contribution in [1.82, 2.24) is 15.2 Å². The van der Waals surface area contributed by atoms with Crippen LogP contribution in [0.15, 0.2) is 42.6 Å². The summed E-state index contributed by atoms with van der Waals surface area (Å²) in [5.41, 5.74) is 2.04. The number of aromatic amines is 1. The van der Waals surface area contributed by atoms with Crippen molar-refractivity contribution in [2.24, 2.45) is 5.92 Å². The molecule has 2 aliphatic heterocycles. The minimum Gasteiger partial charge on any atom is -0.463 e. The molecule has 1 aromatic carbocycles. The topological polar surface area (TPSA) is 112 Å². The fourth-order valence-corrected chi connectivity index (χ4v) is 5.18. The number of amides is 2. The highest BCUT2D eigenvalue weighted by molar-refractivity contribution is 5.87. The van der Waals surface area contributed by atoms with Crippen molar-refractivity contribution in [1.29, 1.82) is 0 Å². The summed E-state index contributed by atoms with van der Waals surface area (Å²) < 4.78 is 5.55. The Hall–Kier alpha value is -3.13. The maximum atomic E-state index is 13.5. The van der Waals surface area contributed by atoms with Gasteiger partial charge in [0.15, 0.2) is 0 Å². The van der Waals surface area contributed by atoms with Crippen molar-refractivity contribution in [2.75, 3.05) is 19.8 Å². The van der Waals surface area contributed by atoms with Gasteiger partial charge in [0.25, 0.3) is 0 Å². The number of nitrogens with one attached hydrogen (secondary N) is 2. The van der Waals surface area contributed by atoms with Gasteiger partial charge in [-0.2, -0.15) is 0 Å². The van der Waals surface area contributed by atoms with Gasteiger partial charge in [-0.3, -0.25) is 14.4 Å². The van der Waals surface area contributed by atoms with Crippen LogP contribution in [0.2, 0.25) is 0 Å². The summed E-state index contributed by atoms with van der Waals surface area (Å²) >= 11 is 0. The highest BCUT2D eigenvalue weighted by atomic mass is 16.5. The van der Waals surface area contributed by atoms with Crippen molar-refractivity contribution < 1.29 is 24.2 Å². The van der Waals surface area contributed by atoms with E-state index in [1.807, 2.05) is 42.6 Å². The van der Waals surface area contributed by atoms with Gasteiger partial charge < -0.3 is 25.0 Å². The minimum absolute atomic E-state index is 0.0550. The zero-order chi connectivity index (χ0) is 25.3. The van der Waals surface area contributed by atoms with E-state index >= 15 is 0 Å². The Morgan fingerprint density at radius 2 is 2.00 bits per heavy atom. The van der Waals surface area contributed by atoms with Crippen LogP contribution < -0.4 is 5.32 Å². The number of allylic oxidation sites excluding steroid dienone is 2. The first-order valence-corrected chi connectivity index (χ1v) is 13.1. The molecule has 194 valence electrons. The molecule has 3 heterocycles. The number of aliphatic hydroxyl groups excluding tert-OH is 1. The first-order chi connectivity index (χ1) is 17.5. The number of rotatable bonds is 5. The van der Waals surface area contributed by atoms with Gasteiger partial charge in [-0.15, -0.1) is 0 Å². The van der Waals surface area contributed by atoms with Crippen molar-refractivity contribution >= 4 is 28.7 Å². The monoisotopic (exact) mass is 495 g/mol. The van der Waals surface area contributed by atoms with E-state index in [0.29, 0.717) is 25.8 Å². The fourth-order valence-electron chi connectivity index (χ4n) is 5.18. The number of hydrogen-bond donors (Lipinski definition) is 3. The molecule has 8 heteroatoms. The second kappa shape index (κ2) is 12.7. The number of aliphatic hydroxyl groups is 1. The molecule has 0 radical (unpaired) electrons. The van der Waals surface area contributed by atoms with Crippen molar-refractivity contribution in [3.8, 4) is 0 Å². The van der Waals surface area contributed by atoms with Crippen molar-refractivity contribution in [2.45, 2.75) is 69.9 Å². The molecule has 2 aliphatic rings. The fraction of sp³-hybridized carbons (Fsp3) is 0.536. The number of cyclic esters (lactones) is 1. The molecule has 3 N–H and O–H groups in total. The lowest BCUT2D eigenvalue weighted by atomic mass is 9.97. The van der Waals surface area contributed by atoms with Crippen LogP contribution in [0.25, 0.3) is 10.9 Å². The molecule has 0 unspecified atom stereocenters. The van der Waals surface area contributed by atoms with Crippen LogP contribution in [0.4, 0.5) is 0 Å². The zero-order valence-corrected chi connectivity index (χ0v) is 20.8. The molecular weight excluding hydrogens is 458 g/mol. The average molecular weight is 496 g/mol.